The molecule has 0 aliphatic heterocycles. The Morgan fingerprint density at radius 2 is 2.42 bits per heavy atom. The highest BCUT2D eigenvalue weighted by Crippen LogP contribution is 2.20. The third kappa shape index (κ3) is 2.95. The molecule has 62 valence electrons. The fourth-order valence-electron chi connectivity index (χ4n) is 0.600. The van der Waals surface area contributed by atoms with Gasteiger partial charge in [0.25, 0.3) is 0 Å². The highest BCUT2D eigenvalue weighted by molar-refractivity contribution is 7.16. The van der Waals surface area contributed by atoms with Crippen LogP contribution >= 0.6 is 22.9 Å². The van der Waals surface area contributed by atoms with Crippen LogP contribution in [0.4, 0.5) is 0 Å². The number of rotatable bonds is 1. The zero-order chi connectivity index (χ0) is 8.97. The van der Waals surface area contributed by atoms with Crippen LogP contribution in [0.3, 0.4) is 0 Å². The normalized spacial score (nSPS) is 8.75. The minimum atomic E-state index is -0.412. The molecule has 2 nitrogen and oxygen atoms in total. The van der Waals surface area contributed by atoms with Gasteiger partial charge >= 0.3 is 0 Å². The highest BCUT2D eigenvalue weighted by atomic mass is 35.5. The van der Waals surface area contributed by atoms with Gasteiger partial charge in [-0.1, -0.05) is 23.4 Å². The number of primary amides is 1. The number of carbonyl (C=O) groups excluding carboxylic acids is 1. The van der Waals surface area contributed by atoms with Gasteiger partial charge in [-0.25, -0.2) is 0 Å². The van der Waals surface area contributed by atoms with Crippen molar-refractivity contribution >= 4 is 28.8 Å². The lowest BCUT2D eigenvalue weighted by atomic mass is 10.4. The summed E-state index contributed by atoms with van der Waals surface area (Å²) in [5.41, 5.74) is 4.90. The quantitative estimate of drug-likeness (QED) is 0.687. The van der Waals surface area contributed by atoms with E-state index in [1.807, 2.05) is 0 Å². The maximum atomic E-state index is 10.3. The van der Waals surface area contributed by atoms with Crippen LogP contribution in [0.1, 0.15) is 11.3 Å². The van der Waals surface area contributed by atoms with Crippen LogP contribution in [-0.4, -0.2) is 5.91 Å². The summed E-state index contributed by atoms with van der Waals surface area (Å²) in [4.78, 5) is 11.1. The number of amides is 1. The molecular formula is C8H6ClNOS. The van der Waals surface area contributed by atoms with Crippen LogP contribution in [0.5, 0.6) is 0 Å². The zero-order valence-corrected chi connectivity index (χ0v) is 7.71. The average Bonchev–Trinajstić information content (AvgIpc) is 2.35. The Morgan fingerprint density at radius 1 is 1.67 bits per heavy atom. The third-order valence-corrected chi connectivity index (χ3v) is 2.19. The van der Waals surface area contributed by atoms with Crippen molar-refractivity contribution in [1.82, 2.24) is 0 Å². The maximum absolute atomic E-state index is 10.3. The minimum absolute atomic E-state index is 0.0928. The standard InChI is InChI=1S/C8H6ClNOS/c9-7-5-4-6(12-7)2-1-3-8(10)11/h4-5H,3H2,(H2,10,11). The van der Waals surface area contributed by atoms with E-state index in [1.165, 1.54) is 11.3 Å². The molecule has 0 aliphatic rings. The first-order valence-corrected chi connectivity index (χ1v) is 4.40. The molecule has 1 aromatic rings. The first-order chi connectivity index (χ1) is 5.68. The van der Waals surface area contributed by atoms with Gasteiger partial charge < -0.3 is 5.73 Å². The van der Waals surface area contributed by atoms with E-state index in [1.54, 1.807) is 12.1 Å². The molecule has 1 aromatic heterocycles. The van der Waals surface area contributed by atoms with E-state index < -0.39 is 5.91 Å². The van der Waals surface area contributed by atoms with Crippen molar-refractivity contribution in [2.45, 2.75) is 6.42 Å². The summed E-state index contributed by atoms with van der Waals surface area (Å²) in [5, 5.41) is 0. The summed E-state index contributed by atoms with van der Waals surface area (Å²) in [6.45, 7) is 0. The van der Waals surface area contributed by atoms with Gasteiger partial charge in [-0.2, -0.15) is 0 Å². The van der Waals surface area contributed by atoms with E-state index in [0.29, 0.717) is 4.34 Å². The predicted octanol–water partition coefficient (Wildman–Crippen LogP) is 1.63. The molecule has 0 atom stereocenters. The van der Waals surface area contributed by atoms with Crippen molar-refractivity contribution in [2.75, 3.05) is 0 Å². The van der Waals surface area contributed by atoms with E-state index in [0.717, 1.165) is 4.88 Å². The molecule has 0 radical (unpaired) electrons. The number of hydrogen-bond donors (Lipinski definition) is 1. The molecule has 1 rings (SSSR count). The fraction of sp³-hybridized carbons (Fsp3) is 0.125. The Balaban J connectivity index is 2.60. The second-order valence-electron chi connectivity index (χ2n) is 2.05. The van der Waals surface area contributed by atoms with Crippen LogP contribution in [0.25, 0.3) is 0 Å². The van der Waals surface area contributed by atoms with E-state index >= 15 is 0 Å². The molecule has 0 aliphatic carbocycles. The van der Waals surface area contributed by atoms with Crippen molar-refractivity contribution < 1.29 is 4.79 Å². The molecule has 0 bridgehead atoms. The summed E-state index contributed by atoms with van der Waals surface area (Å²) in [7, 11) is 0. The zero-order valence-electron chi connectivity index (χ0n) is 6.13. The smallest absolute Gasteiger partial charge is 0.229 e. The van der Waals surface area contributed by atoms with Crippen molar-refractivity contribution in [3.8, 4) is 11.8 Å². The molecule has 0 unspecified atom stereocenters. The van der Waals surface area contributed by atoms with Gasteiger partial charge in [-0.05, 0) is 12.1 Å². The topological polar surface area (TPSA) is 43.1 Å². The van der Waals surface area contributed by atoms with Crippen molar-refractivity contribution in [1.29, 1.82) is 0 Å². The Labute approximate surface area is 79.3 Å². The van der Waals surface area contributed by atoms with Crippen LogP contribution in [0, 0.1) is 11.8 Å². The molecule has 0 aromatic carbocycles. The van der Waals surface area contributed by atoms with Crippen molar-refractivity contribution in [3.63, 3.8) is 0 Å². The lowest BCUT2D eigenvalue weighted by Gasteiger charge is -1.79. The highest BCUT2D eigenvalue weighted by Gasteiger charge is 1.92. The Bertz CT molecular complexity index is 347. The maximum Gasteiger partial charge on any atom is 0.229 e. The Morgan fingerprint density at radius 3 is 2.92 bits per heavy atom. The molecule has 2 N–H and O–H groups in total. The van der Waals surface area contributed by atoms with Crippen molar-refractivity contribution in [3.05, 3.63) is 21.3 Å². The number of hydrogen-bond acceptors (Lipinski definition) is 2. The van der Waals surface area contributed by atoms with E-state index in [4.69, 9.17) is 17.3 Å². The van der Waals surface area contributed by atoms with Gasteiger partial charge in [-0.15, -0.1) is 11.3 Å². The van der Waals surface area contributed by atoms with Crippen LogP contribution in [0.15, 0.2) is 12.1 Å². The molecule has 1 heterocycles. The predicted molar refractivity (Wildman–Crippen MR) is 50.0 cm³/mol. The van der Waals surface area contributed by atoms with Gasteiger partial charge in [0.2, 0.25) is 5.91 Å². The summed E-state index contributed by atoms with van der Waals surface area (Å²) < 4.78 is 0.693. The Hall–Kier alpha value is -0.980. The van der Waals surface area contributed by atoms with E-state index in [2.05, 4.69) is 11.8 Å². The van der Waals surface area contributed by atoms with Gasteiger partial charge in [0.15, 0.2) is 0 Å². The van der Waals surface area contributed by atoms with Crippen LogP contribution in [0.2, 0.25) is 4.34 Å². The first-order valence-electron chi connectivity index (χ1n) is 3.21. The van der Waals surface area contributed by atoms with E-state index in [-0.39, 0.29) is 6.42 Å². The molecule has 4 heteroatoms. The summed E-state index contributed by atoms with van der Waals surface area (Å²) in [6, 6.07) is 3.57. The second-order valence-corrected chi connectivity index (χ2v) is 3.76. The van der Waals surface area contributed by atoms with Gasteiger partial charge in [0.1, 0.15) is 0 Å². The average molecular weight is 200 g/mol. The van der Waals surface area contributed by atoms with Crippen LogP contribution in [-0.2, 0) is 4.79 Å². The number of halogens is 1. The molecule has 12 heavy (non-hydrogen) atoms. The summed E-state index contributed by atoms with van der Waals surface area (Å²) in [6.07, 6.45) is 0.0928. The molecule has 0 saturated heterocycles. The number of nitrogens with two attached hydrogens (primary N) is 1. The second kappa shape index (κ2) is 4.15. The monoisotopic (exact) mass is 199 g/mol. The molecule has 0 saturated carbocycles. The minimum Gasteiger partial charge on any atom is -0.369 e. The SMILES string of the molecule is NC(=O)CC#Cc1ccc(Cl)s1. The Kier molecular flexibility index (Phi) is 3.15. The fourth-order valence-corrected chi connectivity index (χ4v) is 1.52. The third-order valence-electron chi connectivity index (χ3n) is 1.05. The molecular weight excluding hydrogens is 194 g/mol. The van der Waals surface area contributed by atoms with Gasteiger partial charge in [-0.3, -0.25) is 4.79 Å². The largest absolute Gasteiger partial charge is 0.369 e. The molecule has 0 spiro atoms. The van der Waals surface area contributed by atoms with E-state index in [9.17, 15) is 4.79 Å². The van der Waals surface area contributed by atoms with Crippen molar-refractivity contribution in [2.24, 2.45) is 5.73 Å². The lowest BCUT2D eigenvalue weighted by Crippen LogP contribution is -2.08. The lowest BCUT2D eigenvalue weighted by molar-refractivity contribution is -0.117. The number of carbonyl (C=O) groups is 1. The summed E-state index contributed by atoms with van der Waals surface area (Å²) >= 11 is 7.04. The van der Waals surface area contributed by atoms with Gasteiger partial charge in [0.05, 0.1) is 15.6 Å². The van der Waals surface area contributed by atoms with Gasteiger partial charge in [0, 0.05) is 0 Å². The number of thiophene rings is 1. The molecule has 1 amide bonds. The first kappa shape index (κ1) is 9.11. The molecule has 0 fully saturated rings. The van der Waals surface area contributed by atoms with Crippen LogP contribution < -0.4 is 5.73 Å². The summed E-state index contributed by atoms with van der Waals surface area (Å²) in [5.74, 6) is 5.01.